The van der Waals surface area contributed by atoms with Crippen LogP contribution in [0.5, 0.6) is 0 Å². The summed E-state index contributed by atoms with van der Waals surface area (Å²) in [5.74, 6) is 0.722. The summed E-state index contributed by atoms with van der Waals surface area (Å²) in [6.45, 7) is 5.18. The Bertz CT molecular complexity index is 835. The van der Waals surface area contributed by atoms with Crippen molar-refractivity contribution in [3.8, 4) is 0 Å². The van der Waals surface area contributed by atoms with Gasteiger partial charge >= 0.3 is 0 Å². The molecule has 2 aromatic rings. The Hall–Kier alpha value is -1.92. The smallest absolute Gasteiger partial charge is 0.224 e. The average molecular weight is 384 g/mol. The lowest BCUT2D eigenvalue weighted by molar-refractivity contribution is 0.111. The van der Waals surface area contributed by atoms with Crippen LogP contribution in [0.1, 0.15) is 63.5 Å². The maximum Gasteiger partial charge on any atom is 0.224 e. The van der Waals surface area contributed by atoms with Gasteiger partial charge in [-0.15, -0.1) is 0 Å². The fourth-order valence-corrected chi connectivity index (χ4v) is 4.38. The molecule has 0 aromatic carbocycles. The topological polar surface area (TPSA) is 66.2 Å². The molecule has 4 rings (SSSR count). The van der Waals surface area contributed by atoms with Gasteiger partial charge in [0.2, 0.25) is 5.95 Å². The van der Waals surface area contributed by atoms with Crippen LogP contribution in [-0.2, 0) is 0 Å². The molecule has 6 nitrogen and oxygen atoms in total. The number of nitrogens with zero attached hydrogens (tertiary/aromatic N) is 4. The highest BCUT2D eigenvalue weighted by Crippen LogP contribution is 2.36. The second-order valence-electron chi connectivity index (χ2n) is 8.37. The molecular formula is C22H33N5O. The van der Waals surface area contributed by atoms with Crippen LogP contribution in [-0.4, -0.2) is 57.3 Å². The Labute approximate surface area is 167 Å². The molecule has 1 aliphatic heterocycles. The van der Waals surface area contributed by atoms with Gasteiger partial charge in [-0.3, -0.25) is 0 Å². The van der Waals surface area contributed by atoms with Gasteiger partial charge in [-0.05, 0) is 51.1 Å². The summed E-state index contributed by atoms with van der Waals surface area (Å²) in [6.07, 6.45) is 13.6. The molecule has 2 N–H and O–H groups in total. The molecule has 0 unspecified atom stereocenters. The molecule has 152 valence electrons. The molecule has 0 spiro atoms. The van der Waals surface area contributed by atoms with Crippen LogP contribution in [0.3, 0.4) is 0 Å². The zero-order chi connectivity index (χ0) is 19.5. The SMILES string of the molecule is CCCCNc1ncc2c(C3=CCN(C)CC3)cn(C3CCC(O)CC3)c2n1. The Kier molecular flexibility index (Phi) is 5.97. The molecule has 0 amide bonds. The minimum Gasteiger partial charge on any atom is -0.393 e. The minimum atomic E-state index is -0.143. The Morgan fingerprint density at radius 2 is 2.07 bits per heavy atom. The second kappa shape index (κ2) is 8.62. The Morgan fingerprint density at radius 3 is 2.79 bits per heavy atom. The maximum atomic E-state index is 9.93. The van der Waals surface area contributed by atoms with Gasteiger partial charge in [0, 0.05) is 49.0 Å². The summed E-state index contributed by atoms with van der Waals surface area (Å²) < 4.78 is 2.36. The summed E-state index contributed by atoms with van der Waals surface area (Å²) in [7, 11) is 2.17. The van der Waals surface area contributed by atoms with Crippen LogP contribution in [0.2, 0.25) is 0 Å². The second-order valence-corrected chi connectivity index (χ2v) is 8.37. The van der Waals surface area contributed by atoms with Crippen molar-refractivity contribution in [2.75, 3.05) is 32.0 Å². The fourth-order valence-electron chi connectivity index (χ4n) is 4.38. The van der Waals surface area contributed by atoms with E-state index in [9.17, 15) is 5.11 Å². The number of anilines is 1. The molecule has 1 saturated carbocycles. The van der Waals surface area contributed by atoms with E-state index in [1.165, 1.54) is 11.1 Å². The van der Waals surface area contributed by atoms with Crippen LogP contribution in [0.15, 0.2) is 18.5 Å². The van der Waals surface area contributed by atoms with E-state index in [2.05, 4.69) is 46.0 Å². The predicted octanol–water partition coefficient (Wildman–Crippen LogP) is 3.84. The van der Waals surface area contributed by atoms with E-state index >= 15 is 0 Å². The number of likely N-dealkylation sites (N-methyl/N-ethyl adjacent to an activating group) is 1. The van der Waals surface area contributed by atoms with E-state index in [0.717, 1.165) is 81.6 Å². The van der Waals surface area contributed by atoms with Crippen LogP contribution < -0.4 is 5.32 Å². The summed E-state index contributed by atoms with van der Waals surface area (Å²) in [5.41, 5.74) is 3.73. The maximum absolute atomic E-state index is 9.93. The number of rotatable bonds is 6. The van der Waals surface area contributed by atoms with E-state index < -0.39 is 0 Å². The van der Waals surface area contributed by atoms with Gasteiger partial charge in [-0.25, -0.2) is 4.98 Å². The van der Waals surface area contributed by atoms with Gasteiger partial charge < -0.3 is 19.9 Å². The van der Waals surface area contributed by atoms with Gasteiger partial charge in [-0.2, -0.15) is 4.98 Å². The first-order valence-electron chi connectivity index (χ1n) is 10.8. The van der Waals surface area contributed by atoms with Crippen LogP contribution in [0.25, 0.3) is 16.6 Å². The molecule has 0 radical (unpaired) electrons. The van der Waals surface area contributed by atoms with E-state index in [1.807, 2.05) is 6.20 Å². The number of nitrogens with one attached hydrogen (secondary N) is 1. The van der Waals surface area contributed by atoms with E-state index in [0.29, 0.717) is 6.04 Å². The van der Waals surface area contributed by atoms with Crippen molar-refractivity contribution < 1.29 is 5.11 Å². The highest BCUT2D eigenvalue weighted by Gasteiger charge is 2.25. The molecule has 0 atom stereocenters. The molecule has 2 aromatic heterocycles. The molecule has 3 heterocycles. The standard InChI is InChI=1S/C22H33N5O/c1-3-4-11-23-22-24-14-19-20(16-9-12-26(2)13-10-16)15-27(21(19)25-22)17-5-7-18(28)8-6-17/h9,14-15,17-18,28H,3-8,10-13H2,1-2H3,(H,23,24,25). The van der Waals surface area contributed by atoms with Gasteiger partial charge in [-0.1, -0.05) is 19.4 Å². The molecule has 28 heavy (non-hydrogen) atoms. The van der Waals surface area contributed by atoms with Gasteiger partial charge in [0.25, 0.3) is 0 Å². The predicted molar refractivity (Wildman–Crippen MR) is 115 cm³/mol. The monoisotopic (exact) mass is 383 g/mol. The number of aliphatic hydroxyl groups excluding tert-OH is 1. The summed E-state index contributed by atoms with van der Waals surface area (Å²) >= 11 is 0. The zero-order valence-corrected chi connectivity index (χ0v) is 17.2. The number of hydrogen-bond acceptors (Lipinski definition) is 5. The highest BCUT2D eigenvalue weighted by atomic mass is 16.3. The van der Waals surface area contributed by atoms with Crippen molar-refractivity contribution in [2.24, 2.45) is 0 Å². The normalized spacial score (nSPS) is 23.8. The Balaban J connectivity index is 1.71. The molecular weight excluding hydrogens is 350 g/mol. The number of hydrogen-bond donors (Lipinski definition) is 2. The first-order chi connectivity index (χ1) is 13.7. The molecule has 0 bridgehead atoms. The Morgan fingerprint density at radius 1 is 1.25 bits per heavy atom. The lowest BCUT2D eigenvalue weighted by atomic mass is 9.93. The van der Waals surface area contributed by atoms with Crippen molar-refractivity contribution >= 4 is 22.6 Å². The van der Waals surface area contributed by atoms with Crippen LogP contribution in [0, 0.1) is 0 Å². The van der Waals surface area contributed by atoms with Crippen molar-refractivity contribution in [3.63, 3.8) is 0 Å². The minimum absolute atomic E-state index is 0.143. The average Bonchev–Trinajstić information content (AvgIpc) is 3.08. The van der Waals surface area contributed by atoms with Gasteiger partial charge in [0.05, 0.1) is 6.10 Å². The van der Waals surface area contributed by atoms with E-state index in [1.54, 1.807) is 0 Å². The summed E-state index contributed by atoms with van der Waals surface area (Å²) in [4.78, 5) is 11.9. The highest BCUT2D eigenvalue weighted by molar-refractivity contribution is 5.91. The van der Waals surface area contributed by atoms with Crippen molar-refractivity contribution in [1.82, 2.24) is 19.4 Å². The molecule has 2 aliphatic rings. The summed E-state index contributed by atoms with van der Waals surface area (Å²) in [6, 6.07) is 0.407. The number of aliphatic hydroxyl groups is 1. The zero-order valence-electron chi connectivity index (χ0n) is 17.2. The fraction of sp³-hybridized carbons (Fsp3) is 0.636. The lowest BCUT2D eigenvalue weighted by Crippen LogP contribution is -2.23. The number of fused-ring (bicyclic) bond motifs is 1. The third-order valence-corrected chi connectivity index (χ3v) is 6.20. The largest absolute Gasteiger partial charge is 0.393 e. The van der Waals surface area contributed by atoms with Crippen molar-refractivity contribution in [2.45, 2.75) is 64.0 Å². The van der Waals surface area contributed by atoms with E-state index in [-0.39, 0.29) is 6.10 Å². The van der Waals surface area contributed by atoms with Crippen molar-refractivity contribution in [3.05, 3.63) is 24.0 Å². The molecule has 0 saturated heterocycles. The molecule has 1 aliphatic carbocycles. The first-order valence-corrected chi connectivity index (χ1v) is 10.8. The number of unbranched alkanes of at least 4 members (excludes halogenated alkanes) is 1. The van der Waals surface area contributed by atoms with Crippen molar-refractivity contribution in [1.29, 1.82) is 0 Å². The van der Waals surface area contributed by atoms with Gasteiger partial charge in [0.1, 0.15) is 5.65 Å². The quantitative estimate of drug-likeness (QED) is 0.742. The van der Waals surface area contributed by atoms with E-state index in [4.69, 9.17) is 4.98 Å². The summed E-state index contributed by atoms with van der Waals surface area (Å²) in [5, 5.41) is 14.5. The van der Waals surface area contributed by atoms with Crippen LogP contribution >= 0.6 is 0 Å². The first kappa shape index (κ1) is 19.4. The molecule has 6 heteroatoms. The third kappa shape index (κ3) is 4.08. The van der Waals surface area contributed by atoms with Gasteiger partial charge in [0.15, 0.2) is 0 Å². The lowest BCUT2D eigenvalue weighted by Gasteiger charge is -2.27. The molecule has 1 fully saturated rings. The van der Waals surface area contributed by atoms with Crippen LogP contribution in [0.4, 0.5) is 5.95 Å². The third-order valence-electron chi connectivity index (χ3n) is 6.20. The number of aromatic nitrogens is 3.